The number of hydrogen-bond acceptors (Lipinski definition) is 0. The van der Waals surface area contributed by atoms with Gasteiger partial charge in [-0.25, -0.2) is 18.1 Å². The fourth-order valence-corrected chi connectivity index (χ4v) is 7.13. The summed E-state index contributed by atoms with van der Waals surface area (Å²) in [7, 11) is 9.89. The second kappa shape index (κ2) is 14.3. The Morgan fingerprint density at radius 3 is 2.37 bits per heavy atom. The van der Waals surface area contributed by atoms with Gasteiger partial charge in [0.15, 0.2) is 0 Å². The van der Waals surface area contributed by atoms with Gasteiger partial charge in [0.1, 0.15) is 0 Å². The molecule has 0 heterocycles. The van der Waals surface area contributed by atoms with Crippen LogP contribution in [0.4, 0.5) is 0 Å². The van der Waals surface area contributed by atoms with E-state index in [1.807, 2.05) is 0 Å². The van der Waals surface area contributed by atoms with Crippen LogP contribution in [0.15, 0.2) is 60.2 Å². The molecule has 0 aromatic heterocycles. The predicted molar refractivity (Wildman–Crippen MR) is 136 cm³/mol. The van der Waals surface area contributed by atoms with Gasteiger partial charge in [0, 0.05) is 0 Å². The molecule has 162 valence electrons. The fraction of sp³-hybridized carbons (Fsp3) is 0.462. The normalized spacial score (nSPS) is 17.0. The Labute approximate surface area is 204 Å². The molecule has 4 rings (SSSR count). The number of rotatable bonds is 5. The summed E-state index contributed by atoms with van der Waals surface area (Å²) in [5.74, 6) is 2.48. The fourth-order valence-electron chi connectivity index (χ4n) is 4.15. The van der Waals surface area contributed by atoms with Crippen molar-refractivity contribution in [3.05, 3.63) is 66.6 Å². The molecule has 1 atom stereocenters. The van der Waals surface area contributed by atoms with E-state index < -0.39 is 20.8 Å². The molecular formula is C26H35Cl2PZr. The molecule has 2 aliphatic carbocycles. The van der Waals surface area contributed by atoms with Crippen LogP contribution in [0.1, 0.15) is 47.0 Å². The van der Waals surface area contributed by atoms with E-state index in [0.717, 1.165) is 17.8 Å². The summed E-state index contributed by atoms with van der Waals surface area (Å²) in [6.45, 7) is 9.38. The Bertz CT molecular complexity index is 763. The van der Waals surface area contributed by atoms with Gasteiger partial charge in [0.05, 0.1) is 0 Å². The summed E-state index contributed by atoms with van der Waals surface area (Å²) in [6, 6.07) is 13.6. The molecular weight excluding hydrogens is 505 g/mol. The molecule has 0 nitrogen and oxygen atoms in total. The van der Waals surface area contributed by atoms with E-state index in [4.69, 9.17) is 17.0 Å². The minimum absolute atomic E-state index is 0.0185. The first-order chi connectivity index (χ1) is 14.4. The summed E-state index contributed by atoms with van der Waals surface area (Å²) < 4.78 is 0. The molecule has 0 radical (unpaired) electrons. The van der Waals surface area contributed by atoms with E-state index in [-0.39, 0.29) is 7.92 Å². The van der Waals surface area contributed by atoms with Gasteiger partial charge < -0.3 is 0 Å². The third-order valence-electron chi connectivity index (χ3n) is 5.35. The molecule has 0 N–H and O–H groups in total. The van der Waals surface area contributed by atoms with Crippen LogP contribution in [-0.4, -0.2) is 12.3 Å². The average Bonchev–Trinajstić information content (AvgIpc) is 3.34. The second-order valence-corrected chi connectivity index (χ2v) is 15.0. The molecule has 2 aromatic carbocycles. The summed E-state index contributed by atoms with van der Waals surface area (Å²) in [5, 5.41) is 4.42. The number of hydrogen-bond donors (Lipinski definition) is 0. The first kappa shape index (κ1) is 26.3. The molecule has 0 saturated heterocycles. The van der Waals surface area contributed by atoms with E-state index in [2.05, 4.69) is 88.7 Å². The third kappa shape index (κ3) is 8.90. The first-order valence-electron chi connectivity index (χ1n) is 11.0. The minimum atomic E-state index is -0.826. The quantitative estimate of drug-likeness (QED) is 0.263. The van der Waals surface area contributed by atoms with Crippen molar-refractivity contribution < 1.29 is 20.8 Å². The van der Waals surface area contributed by atoms with Crippen molar-refractivity contribution in [2.75, 3.05) is 12.3 Å². The van der Waals surface area contributed by atoms with Crippen molar-refractivity contribution in [1.29, 1.82) is 0 Å². The van der Waals surface area contributed by atoms with Crippen molar-refractivity contribution in [2.24, 2.45) is 17.8 Å². The van der Waals surface area contributed by atoms with Crippen molar-refractivity contribution in [3.8, 4) is 0 Å². The van der Waals surface area contributed by atoms with Gasteiger partial charge in [-0.15, -0.1) is 58.9 Å². The second-order valence-electron chi connectivity index (χ2n) is 8.92. The molecule has 2 aromatic rings. The molecule has 4 heteroatoms. The molecule has 1 unspecified atom stereocenters. The van der Waals surface area contributed by atoms with Crippen LogP contribution < -0.4 is 5.30 Å². The van der Waals surface area contributed by atoms with Crippen LogP contribution in [0.5, 0.6) is 0 Å². The first-order valence-corrected chi connectivity index (χ1v) is 19.1. The van der Waals surface area contributed by atoms with Crippen LogP contribution >= 0.6 is 24.9 Å². The Kier molecular flexibility index (Phi) is 12.5. The molecule has 0 bridgehead atoms. The number of halogens is 2. The van der Waals surface area contributed by atoms with E-state index in [1.54, 1.807) is 10.9 Å². The van der Waals surface area contributed by atoms with Gasteiger partial charge in [-0.2, -0.15) is 6.07 Å². The zero-order valence-electron chi connectivity index (χ0n) is 18.7. The Morgan fingerprint density at radius 2 is 1.77 bits per heavy atom. The van der Waals surface area contributed by atoms with E-state index >= 15 is 0 Å². The number of benzene rings is 1. The van der Waals surface area contributed by atoms with Gasteiger partial charge in [0.2, 0.25) is 0 Å². The Hall–Kier alpha value is 0.0731. The van der Waals surface area contributed by atoms with Crippen LogP contribution in [-0.2, 0) is 20.8 Å². The summed E-state index contributed by atoms with van der Waals surface area (Å²) >= 11 is -0.826. The van der Waals surface area contributed by atoms with Crippen molar-refractivity contribution in [1.82, 2.24) is 0 Å². The zero-order chi connectivity index (χ0) is 21.9. The van der Waals surface area contributed by atoms with Gasteiger partial charge in [0.25, 0.3) is 0 Å². The summed E-state index contributed by atoms with van der Waals surface area (Å²) in [5.41, 5.74) is 1.58. The number of allylic oxidation sites excluding steroid dienone is 4. The molecule has 1 saturated carbocycles. The maximum atomic E-state index is 4.93. The zero-order valence-corrected chi connectivity index (χ0v) is 23.6. The molecule has 1 fully saturated rings. The summed E-state index contributed by atoms with van der Waals surface area (Å²) in [6.07, 6.45) is 15.8. The van der Waals surface area contributed by atoms with Crippen molar-refractivity contribution >= 4 is 41.0 Å². The van der Waals surface area contributed by atoms with Crippen LogP contribution in [0.2, 0.25) is 0 Å². The maximum absolute atomic E-state index is 4.93. The topological polar surface area (TPSA) is 0 Å². The Balaban J connectivity index is 0.000000220. The van der Waals surface area contributed by atoms with Gasteiger partial charge in [-0.05, 0) is 36.5 Å². The van der Waals surface area contributed by atoms with Gasteiger partial charge in [-0.1, -0.05) is 48.1 Å². The molecule has 0 aliphatic heterocycles. The van der Waals surface area contributed by atoms with Crippen molar-refractivity contribution in [3.63, 3.8) is 0 Å². The molecule has 0 amide bonds. The summed E-state index contributed by atoms with van der Waals surface area (Å²) in [4.78, 5) is 0. The van der Waals surface area contributed by atoms with Crippen molar-refractivity contribution in [2.45, 2.75) is 47.0 Å². The van der Waals surface area contributed by atoms with E-state index in [1.165, 1.54) is 42.4 Å². The van der Waals surface area contributed by atoms with Gasteiger partial charge >= 0.3 is 37.9 Å². The van der Waals surface area contributed by atoms with E-state index in [9.17, 15) is 0 Å². The molecule has 0 spiro atoms. The average molecular weight is 541 g/mol. The van der Waals surface area contributed by atoms with E-state index in [0.29, 0.717) is 0 Å². The van der Waals surface area contributed by atoms with Crippen LogP contribution in [0, 0.1) is 24.2 Å². The molecule has 30 heavy (non-hydrogen) atoms. The standard InChI is InChI=1S/C17H24P.C9H11.2ClH.Zr/c1-13(2)11-18(12-14(3)4)17-9-15-7-5-6-8-16(15)10-17;1-2-5-9-7-3-6-8(9)4-1;;;/h5-10,13-14H,11-12H2,1-4H3;1-2,4,6,9H,3,5,7H2;2*1H;/q2*-1;;;+4/p-2. The third-order valence-corrected chi connectivity index (χ3v) is 8.68. The number of fused-ring (bicyclic) bond motifs is 2. The van der Waals surface area contributed by atoms with Crippen LogP contribution in [0.3, 0.4) is 0 Å². The monoisotopic (exact) mass is 538 g/mol. The predicted octanol–water partition coefficient (Wildman–Crippen LogP) is 8.84. The van der Waals surface area contributed by atoms with Gasteiger partial charge in [-0.3, -0.25) is 0 Å². The SMILES string of the molecule is C1=CCC2CC[CH-]C2=C1.CC(C)CP(CC(C)C)c1cc2ccccc2[cH-]1.[Cl][Zr+2][Cl]. The molecule has 2 aliphatic rings. The Morgan fingerprint density at radius 1 is 1.10 bits per heavy atom. The van der Waals surface area contributed by atoms with Crippen LogP contribution in [0.25, 0.3) is 10.8 Å².